The highest BCUT2D eigenvalue weighted by Gasteiger charge is 2.10. The van der Waals surface area contributed by atoms with Crippen molar-refractivity contribution in [3.05, 3.63) is 95.6 Å². The van der Waals surface area contributed by atoms with Crippen molar-refractivity contribution in [2.75, 3.05) is 10.6 Å². The Morgan fingerprint density at radius 1 is 0.593 bits per heavy atom. The zero-order chi connectivity index (χ0) is 19.2. The van der Waals surface area contributed by atoms with Crippen LogP contribution in [0.4, 0.5) is 11.4 Å². The molecule has 0 saturated carbocycles. The van der Waals surface area contributed by atoms with Crippen LogP contribution >= 0.6 is 0 Å². The van der Waals surface area contributed by atoms with Gasteiger partial charge >= 0.3 is 0 Å². The second-order valence-electron chi connectivity index (χ2n) is 5.80. The van der Waals surface area contributed by atoms with Crippen LogP contribution in [0.3, 0.4) is 0 Å². The van der Waals surface area contributed by atoms with Crippen molar-refractivity contribution < 1.29 is 14.4 Å². The third-order valence-electron chi connectivity index (χ3n) is 3.85. The van der Waals surface area contributed by atoms with E-state index in [1.54, 1.807) is 60.7 Å². The van der Waals surface area contributed by atoms with Gasteiger partial charge in [0.2, 0.25) is 5.91 Å². The summed E-state index contributed by atoms with van der Waals surface area (Å²) in [6.45, 7) is 0. The van der Waals surface area contributed by atoms with Crippen LogP contribution in [0.2, 0.25) is 0 Å². The minimum Gasteiger partial charge on any atom is -0.366 e. The van der Waals surface area contributed by atoms with Gasteiger partial charge in [0.1, 0.15) is 0 Å². The maximum Gasteiger partial charge on any atom is 0.255 e. The molecule has 0 aromatic heterocycles. The Morgan fingerprint density at radius 3 is 1.85 bits per heavy atom. The van der Waals surface area contributed by atoms with Crippen LogP contribution < -0.4 is 16.4 Å². The Morgan fingerprint density at radius 2 is 1.19 bits per heavy atom. The summed E-state index contributed by atoms with van der Waals surface area (Å²) in [6.07, 6.45) is 0. The first-order chi connectivity index (χ1) is 13.0. The van der Waals surface area contributed by atoms with E-state index >= 15 is 0 Å². The Balaban J connectivity index is 1.70. The van der Waals surface area contributed by atoms with Gasteiger partial charge in [0.25, 0.3) is 11.8 Å². The van der Waals surface area contributed by atoms with Gasteiger partial charge in [-0.1, -0.05) is 24.3 Å². The summed E-state index contributed by atoms with van der Waals surface area (Å²) in [5, 5.41) is 5.50. The van der Waals surface area contributed by atoms with E-state index in [1.807, 2.05) is 6.07 Å². The minimum absolute atomic E-state index is 0.254. The van der Waals surface area contributed by atoms with Gasteiger partial charge in [-0.05, 0) is 54.6 Å². The molecule has 0 heterocycles. The lowest BCUT2D eigenvalue weighted by molar-refractivity contribution is 0.0997. The van der Waals surface area contributed by atoms with Crippen molar-refractivity contribution in [2.24, 2.45) is 5.73 Å². The van der Waals surface area contributed by atoms with Crippen molar-refractivity contribution in [2.45, 2.75) is 0 Å². The van der Waals surface area contributed by atoms with Crippen LogP contribution in [0.15, 0.2) is 78.9 Å². The maximum atomic E-state index is 12.4. The summed E-state index contributed by atoms with van der Waals surface area (Å²) in [7, 11) is 0. The number of hydrogen-bond acceptors (Lipinski definition) is 3. The number of hydrogen-bond donors (Lipinski definition) is 3. The summed E-state index contributed by atoms with van der Waals surface area (Å²) in [5.41, 5.74) is 7.52. The monoisotopic (exact) mass is 359 g/mol. The summed E-state index contributed by atoms with van der Waals surface area (Å²) in [6, 6.07) is 21.7. The molecule has 0 saturated heterocycles. The van der Waals surface area contributed by atoms with Gasteiger partial charge < -0.3 is 16.4 Å². The third-order valence-corrected chi connectivity index (χ3v) is 3.85. The molecule has 0 bridgehead atoms. The molecule has 3 amide bonds. The number of nitrogens with one attached hydrogen (secondary N) is 2. The first-order valence-corrected chi connectivity index (χ1v) is 8.20. The van der Waals surface area contributed by atoms with E-state index in [-0.39, 0.29) is 11.8 Å². The van der Waals surface area contributed by atoms with E-state index in [0.29, 0.717) is 28.1 Å². The fourth-order valence-electron chi connectivity index (χ4n) is 2.45. The van der Waals surface area contributed by atoms with E-state index in [4.69, 9.17) is 5.73 Å². The zero-order valence-electron chi connectivity index (χ0n) is 14.3. The lowest BCUT2D eigenvalue weighted by Gasteiger charge is -2.09. The highest BCUT2D eigenvalue weighted by atomic mass is 16.2. The SMILES string of the molecule is NC(=O)c1ccc(NC(=O)c2cccc(NC(=O)c3ccccc3)c2)cc1. The average molecular weight is 359 g/mol. The number of carbonyl (C=O) groups excluding carboxylic acids is 3. The van der Waals surface area contributed by atoms with Crippen LogP contribution in [0.5, 0.6) is 0 Å². The average Bonchev–Trinajstić information content (AvgIpc) is 2.69. The lowest BCUT2D eigenvalue weighted by Crippen LogP contribution is -2.15. The van der Waals surface area contributed by atoms with Gasteiger partial charge in [0.05, 0.1) is 0 Å². The predicted molar refractivity (Wildman–Crippen MR) is 104 cm³/mol. The largest absolute Gasteiger partial charge is 0.366 e. The molecular formula is C21H17N3O3. The van der Waals surface area contributed by atoms with Gasteiger partial charge in [-0.25, -0.2) is 0 Å². The van der Waals surface area contributed by atoms with Crippen LogP contribution in [0.1, 0.15) is 31.1 Å². The number of benzene rings is 3. The molecule has 0 atom stereocenters. The van der Waals surface area contributed by atoms with Gasteiger partial charge in [-0.3, -0.25) is 14.4 Å². The fraction of sp³-hybridized carbons (Fsp3) is 0. The van der Waals surface area contributed by atoms with Crippen molar-refractivity contribution in [1.82, 2.24) is 0 Å². The molecule has 134 valence electrons. The number of anilines is 2. The third kappa shape index (κ3) is 4.58. The number of carbonyl (C=O) groups is 3. The van der Waals surface area contributed by atoms with Gasteiger partial charge in [-0.2, -0.15) is 0 Å². The van der Waals surface area contributed by atoms with E-state index in [0.717, 1.165) is 0 Å². The predicted octanol–water partition coefficient (Wildman–Crippen LogP) is 3.29. The summed E-state index contributed by atoms with van der Waals surface area (Å²) in [4.78, 5) is 35.7. The molecule has 0 fully saturated rings. The van der Waals surface area contributed by atoms with Crippen LogP contribution in [0, 0.1) is 0 Å². The Hall–Kier alpha value is -3.93. The number of amides is 3. The first-order valence-electron chi connectivity index (χ1n) is 8.20. The molecule has 3 aromatic rings. The minimum atomic E-state index is -0.533. The van der Waals surface area contributed by atoms with E-state index < -0.39 is 5.91 Å². The molecule has 0 spiro atoms. The van der Waals surface area contributed by atoms with Crippen molar-refractivity contribution in [1.29, 1.82) is 0 Å². The first kappa shape index (κ1) is 17.9. The Bertz CT molecular complexity index is 983. The van der Waals surface area contributed by atoms with Crippen molar-refractivity contribution in [3.8, 4) is 0 Å². The zero-order valence-corrected chi connectivity index (χ0v) is 14.3. The smallest absolute Gasteiger partial charge is 0.255 e. The fourth-order valence-corrected chi connectivity index (χ4v) is 2.45. The highest BCUT2D eigenvalue weighted by molar-refractivity contribution is 6.07. The standard InChI is InChI=1S/C21H17N3O3/c22-19(25)14-9-11-17(12-10-14)23-21(27)16-7-4-8-18(13-16)24-20(26)15-5-2-1-3-6-15/h1-13H,(H2,22,25)(H,23,27)(H,24,26). The quantitative estimate of drug-likeness (QED) is 0.651. The summed E-state index contributed by atoms with van der Waals surface area (Å²) < 4.78 is 0. The van der Waals surface area contributed by atoms with Crippen LogP contribution in [0.25, 0.3) is 0 Å². The number of nitrogens with two attached hydrogens (primary N) is 1. The number of rotatable bonds is 5. The molecule has 6 heteroatoms. The van der Waals surface area contributed by atoms with Gasteiger partial charge in [0, 0.05) is 28.1 Å². The molecule has 3 rings (SSSR count). The molecule has 6 nitrogen and oxygen atoms in total. The van der Waals surface area contributed by atoms with E-state index in [2.05, 4.69) is 10.6 Å². The molecule has 3 aromatic carbocycles. The highest BCUT2D eigenvalue weighted by Crippen LogP contribution is 2.15. The second kappa shape index (κ2) is 7.97. The molecule has 0 aliphatic heterocycles. The van der Waals surface area contributed by atoms with Gasteiger partial charge in [-0.15, -0.1) is 0 Å². The Labute approximate surface area is 156 Å². The van der Waals surface area contributed by atoms with Crippen molar-refractivity contribution >= 4 is 29.1 Å². The van der Waals surface area contributed by atoms with Gasteiger partial charge in [0.15, 0.2) is 0 Å². The molecule has 27 heavy (non-hydrogen) atoms. The lowest BCUT2D eigenvalue weighted by atomic mass is 10.1. The molecule has 0 aliphatic carbocycles. The topological polar surface area (TPSA) is 101 Å². The maximum absolute atomic E-state index is 12.4. The molecular weight excluding hydrogens is 342 g/mol. The molecule has 4 N–H and O–H groups in total. The molecule has 0 radical (unpaired) electrons. The summed E-state index contributed by atoms with van der Waals surface area (Å²) >= 11 is 0. The molecule has 0 aliphatic rings. The van der Waals surface area contributed by atoms with Crippen LogP contribution in [-0.2, 0) is 0 Å². The Kier molecular flexibility index (Phi) is 5.28. The molecule has 0 unspecified atom stereocenters. The van der Waals surface area contributed by atoms with E-state index in [1.165, 1.54) is 12.1 Å². The number of primary amides is 1. The second-order valence-corrected chi connectivity index (χ2v) is 5.80. The van der Waals surface area contributed by atoms with E-state index in [9.17, 15) is 14.4 Å². The van der Waals surface area contributed by atoms with Crippen molar-refractivity contribution in [3.63, 3.8) is 0 Å². The normalized spacial score (nSPS) is 10.1. The van der Waals surface area contributed by atoms with Crippen LogP contribution in [-0.4, -0.2) is 17.7 Å². The summed E-state index contributed by atoms with van der Waals surface area (Å²) in [5.74, 6) is -1.12.